The smallest absolute Gasteiger partial charge is 0.255 e. The number of hydrogen-bond donors (Lipinski definition) is 1. The molecule has 0 bridgehead atoms. The van der Waals surface area contributed by atoms with Gasteiger partial charge in [-0.25, -0.2) is 0 Å². The number of aryl methyl sites for hydroxylation is 2. The molecule has 0 spiro atoms. The molecule has 1 heterocycles. The van der Waals surface area contributed by atoms with Gasteiger partial charge >= 0.3 is 0 Å². The van der Waals surface area contributed by atoms with Gasteiger partial charge in [0.2, 0.25) is 0 Å². The summed E-state index contributed by atoms with van der Waals surface area (Å²) in [5.41, 5.74) is 7.70. The van der Waals surface area contributed by atoms with Crippen LogP contribution in [0.15, 0.2) is 6.07 Å². The van der Waals surface area contributed by atoms with Gasteiger partial charge in [0.1, 0.15) is 5.75 Å². The van der Waals surface area contributed by atoms with Crippen molar-refractivity contribution in [2.75, 3.05) is 6.61 Å². The highest BCUT2D eigenvalue weighted by molar-refractivity contribution is 5.75. The molecule has 0 aliphatic rings. The van der Waals surface area contributed by atoms with E-state index in [0.29, 0.717) is 5.75 Å². The lowest BCUT2D eigenvalue weighted by molar-refractivity contribution is -0.119. The molecule has 0 radical (unpaired) electrons. The van der Waals surface area contributed by atoms with Gasteiger partial charge in [-0.3, -0.25) is 9.78 Å². The topological polar surface area (TPSA) is 65.2 Å². The fourth-order valence-electron chi connectivity index (χ4n) is 1.16. The van der Waals surface area contributed by atoms with Crippen LogP contribution in [0.2, 0.25) is 0 Å². The monoisotopic (exact) mass is 194 g/mol. The van der Waals surface area contributed by atoms with E-state index in [1.165, 1.54) is 0 Å². The first-order valence-electron chi connectivity index (χ1n) is 4.36. The Hall–Kier alpha value is -1.58. The quantitative estimate of drug-likeness (QED) is 0.776. The SMILES string of the molecule is Cc1cc(OCC(N)=O)c(C)c(C)n1. The Bertz CT molecular complexity index is 361. The minimum absolute atomic E-state index is 0.0935. The fourth-order valence-corrected chi connectivity index (χ4v) is 1.16. The molecule has 14 heavy (non-hydrogen) atoms. The Labute approximate surface area is 83.1 Å². The Morgan fingerprint density at radius 3 is 2.71 bits per heavy atom. The molecule has 1 rings (SSSR count). The summed E-state index contributed by atoms with van der Waals surface area (Å²) in [6, 6.07) is 1.80. The van der Waals surface area contributed by atoms with Crippen molar-refractivity contribution in [2.45, 2.75) is 20.8 Å². The zero-order chi connectivity index (χ0) is 10.7. The van der Waals surface area contributed by atoms with Gasteiger partial charge < -0.3 is 10.5 Å². The second-order valence-electron chi connectivity index (χ2n) is 3.23. The Morgan fingerprint density at radius 2 is 2.14 bits per heavy atom. The predicted octanol–water partition coefficient (Wildman–Crippen LogP) is 0.871. The molecule has 1 aromatic heterocycles. The lowest BCUT2D eigenvalue weighted by atomic mass is 10.2. The van der Waals surface area contributed by atoms with Gasteiger partial charge in [-0.1, -0.05) is 0 Å². The van der Waals surface area contributed by atoms with E-state index in [4.69, 9.17) is 10.5 Å². The van der Waals surface area contributed by atoms with Crippen LogP contribution >= 0.6 is 0 Å². The number of hydrogen-bond acceptors (Lipinski definition) is 3. The van der Waals surface area contributed by atoms with Crippen LogP contribution in [0.5, 0.6) is 5.75 Å². The van der Waals surface area contributed by atoms with Crippen molar-refractivity contribution in [3.63, 3.8) is 0 Å². The maximum Gasteiger partial charge on any atom is 0.255 e. The summed E-state index contributed by atoms with van der Waals surface area (Å²) in [4.78, 5) is 14.8. The number of pyridine rings is 1. The van der Waals surface area contributed by atoms with Crippen molar-refractivity contribution in [3.05, 3.63) is 23.0 Å². The van der Waals surface area contributed by atoms with Crippen LogP contribution in [0.1, 0.15) is 17.0 Å². The van der Waals surface area contributed by atoms with Gasteiger partial charge in [-0.15, -0.1) is 0 Å². The molecule has 4 heteroatoms. The van der Waals surface area contributed by atoms with Crippen molar-refractivity contribution < 1.29 is 9.53 Å². The molecule has 0 aromatic carbocycles. The highest BCUT2D eigenvalue weighted by Crippen LogP contribution is 2.20. The molecule has 76 valence electrons. The summed E-state index contributed by atoms with van der Waals surface area (Å²) in [5.74, 6) is 0.199. The standard InChI is InChI=1S/C10H14N2O2/c1-6-4-9(14-5-10(11)13)7(2)8(3)12-6/h4H,5H2,1-3H3,(H2,11,13). The summed E-state index contributed by atoms with van der Waals surface area (Å²) in [5, 5.41) is 0. The van der Waals surface area contributed by atoms with Gasteiger partial charge in [0.25, 0.3) is 5.91 Å². The maximum absolute atomic E-state index is 10.5. The van der Waals surface area contributed by atoms with Crippen molar-refractivity contribution in [2.24, 2.45) is 5.73 Å². The molecule has 1 amide bonds. The highest BCUT2D eigenvalue weighted by atomic mass is 16.5. The van der Waals surface area contributed by atoms with Crippen LogP contribution in [-0.2, 0) is 4.79 Å². The van der Waals surface area contributed by atoms with E-state index >= 15 is 0 Å². The van der Waals surface area contributed by atoms with Crippen molar-refractivity contribution in [1.82, 2.24) is 4.98 Å². The molecule has 0 fully saturated rings. The number of aromatic nitrogens is 1. The first kappa shape index (κ1) is 10.5. The van der Waals surface area contributed by atoms with E-state index in [1.54, 1.807) is 6.07 Å². The van der Waals surface area contributed by atoms with Crippen molar-refractivity contribution in [3.8, 4) is 5.75 Å². The lowest BCUT2D eigenvalue weighted by Crippen LogP contribution is -2.20. The number of primary amides is 1. The normalized spacial score (nSPS) is 9.93. The van der Waals surface area contributed by atoms with Crippen LogP contribution in [0, 0.1) is 20.8 Å². The highest BCUT2D eigenvalue weighted by Gasteiger charge is 2.05. The first-order valence-corrected chi connectivity index (χ1v) is 4.36. The Balaban J connectivity index is 2.90. The van der Waals surface area contributed by atoms with E-state index < -0.39 is 5.91 Å². The van der Waals surface area contributed by atoms with Gasteiger partial charge in [-0.2, -0.15) is 0 Å². The molecule has 0 saturated carbocycles. The number of carbonyl (C=O) groups is 1. The van der Waals surface area contributed by atoms with Gasteiger partial charge in [0.15, 0.2) is 6.61 Å². The molecular formula is C10H14N2O2. The van der Waals surface area contributed by atoms with Crippen LogP contribution in [0.25, 0.3) is 0 Å². The third-order valence-electron chi connectivity index (χ3n) is 1.97. The zero-order valence-corrected chi connectivity index (χ0v) is 8.63. The second-order valence-corrected chi connectivity index (χ2v) is 3.23. The second kappa shape index (κ2) is 4.09. The van der Waals surface area contributed by atoms with Crippen LogP contribution in [-0.4, -0.2) is 17.5 Å². The fraction of sp³-hybridized carbons (Fsp3) is 0.400. The van der Waals surface area contributed by atoms with E-state index in [0.717, 1.165) is 17.0 Å². The molecule has 2 N–H and O–H groups in total. The third-order valence-corrected chi connectivity index (χ3v) is 1.97. The summed E-state index contributed by atoms with van der Waals surface area (Å²) < 4.78 is 5.25. The Morgan fingerprint density at radius 1 is 1.50 bits per heavy atom. The Kier molecular flexibility index (Phi) is 3.06. The number of nitrogens with two attached hydrogens (primary N) is 1. The van der Waals surface area contributed by atoms with Crippen LogP contribution in [0.4, 0.5) is 0 Å². The number of amides is 1. The largest absolute Gasteiger partial charge is 0.483 e. The predicted molar refractivity (Wildman–Crippen MR) is 53.1 cm³/mol. The zero-order valence-electron chi connectivity index (χ0n) is 8.63. The lowest BCUT2D eigenvalue weighted by Gasteiger charge is -2.09. The minimum Gasteiger partial charge on any atom is -0.483 e. The van der Waals surface area contributed by atoms with Crippen LogP contribution < -0.4 is 10.5 Å². The minimum atomic E-state index is -0.475. The summed E-state index contributed by atoms with van der Waals surface area (Å²) in [7, 11) is 0. The molecular weight excluding hydrogens is 180 g/mol. The van der Waals surface area contributed by atoms with Crippen molar-refractivity contribution in [1.29, 1.82) is 0 Å². The summed E-state index contributed by atoms with van der Waals surface area (Å²) in [6.45, 7) is 5.59. The number of rotatable bonds is 3. The molecule has 0 aliphatic carbocycles. The molecule has 0 atom stereocenters. The van der Waals surface area contributed by atoms with Crippen LogP contribution in [0.3, 0.4) is 0 Å². The van der Waals surface area contributed by atoms with E-state index in [1.807, 2.05) is 20.8 Å². The average Bonchev–Trinajstić information content (AvgIpc) is 2.08. The molecule has 0 saturated heterocycles. The number of nitrogens with zero attached hydrogens (tertiary/aromatic N) is 1. The molecule has 0 aliphatic heterocycles. The van der Waals surface area contributed by atoms with Crippen molar-refractivity contribution >= 4 is 5.91 Å². The van der Waals surface area contributed by atoms with E-state index in [-0.39, 0.29) is 6.61 Å². The number of carbonyl (C=O) groups excluding carboxylic acids is 1. The van der Waals surface area contributed by atoms with Gasteiger partial charge in [0, 0.05) is 23.0 Å². The summed E-state index contributed by atoms with van der Waals surface area (Å²) in [6.07, 6.45) is 0. The molecule has 0 unspecified atom stereocenters. The molecule has 1 aromatic rings. The average molecular weight is 194 g/mol. The van der Waals surface area contributed by atoms with E-state index in [9.17, 15) is 4.79 Å². The van der Waals surface area contributed by atoms with E-state index in [2.05, 4.69) is 4.98 Å². The number of ether oxygens (including phenoxy) is 1. The third kappa shape index (κ3) is 2.45. The van der Waals surface area contributed by atoms with Gasteiger partial charge in [0.05, 0.1) is 0 Å². The maximum atomic E-state index is 10.5. The first-order chi connectivity index (χ1) is 6.50. The summed E-state index contributed by atoms with van der Waals surface area (Å²) >= 11 is 0. The molecule has 4 nitrogen and oxygen atoms in total. The van der Waals surface area contributed by atoms with Gasteiger partial charge in [-0.05, 0) is 20.8 Å².